The van der Waals surface area contributed by atoms with E-state index in [1.54, 1.807) is 0 Å². The molecule has 0 aliphatic heterocycles. The van der Waals surface area contributed by atoms with Crippen molar-refractivity contribution in [2.75, 3.05) is 6.61 Å². The van der Waals surface area contributed by atoms with Crippen LogP contribution in [0.1, 0.15) is 54.9 Å². The normalized spacial score (nSPS) is 11.5. The monoisotopic (exact) mass is 440 g/mol. The average Bonchev–Trinajstić information content (AvgIpc) is 3.17. The summed E-state index contributed by atoms with van der Waals surface area (Å²) in [7, 11) is 0. The number of benzene rings is 3. The first-order valence-electron chi connectivity index (χ1n) is 11.5. The van der Waals surface area contributed by atoms with Crippen LogP contribution in [-0.4, -0.2) is 17.1 Å². The molecular weight excluding hydrogens is 408 g/mol. The largest absolute Gasteiger partial charge is 0.493 e. The maximum absolute atomic E-state index is 13.3. The Labute approximate surface area is 196 Å². The number of carbonyl (C=O) groups excluding carboxylic acids is 1. The summed E-state index contributed by atoms with van der Waals surface area (Å²) in [6.07, 6.45) is 0. The summed E-state index contributed by atoms with van der Waals surface area (Å²) in [6.45, 7) is 10.3. The molecule has 4 heteroatoms. The van der Waals surface area contributed by atoms with E-state index in [2.05, 4.69) is 61.0 Å². The Hall–Kier alpha value is -3.53. The fourth-order valence-corrected chi connectivity index (χ4v) is 4.06. The molecule has 0 radical (unpaired) electrons. The minimum absolute atomic E-state index is 0.0937. The molecule has 4 nitrogen and oxygen atoms in total. The van der Waals surface area contributed by atoms with Gasteiger partial charge >= 0.3 is 0 Å². The maximum Gasteiger partial charge on any atom is 0.268 e. The lowest BCUT2D eigenvalue weighted by Crippen LogP contribution is -2.25. The van der Waals surface area contributed by atoms with Gasteiger partial charge in [0.05, 0.1) is 12.1 Å². The fourth-order valence-electron chi connectivity index (χ4n) is 4.06. The second-order valence-electron chi connectivity index (χ2n) is 9.35. The summed E-state index contributed by atoms with van der Waals surface area (Å²) in [5.41, 5.74) is 5.25. The van der Waals surface area contributed by atoms with Crippen molar-refractivity contribution >= 4 is 16.8 Å². The molecule has 0 saturated carbocycles. The highest BCUT2D eigenvalue weighted by molar-refractivity contribution is 6.00. The Bertz CT molecular complexity index is 1230. The third-order valence-electron chi connectivity index (χ3n) is 5.89. The average molecular weight is 441 g/mol. The molecule has 1 aromatic heterocycles. The van der Waals surface area contributed by atoms with Crippen LogP contribution in [-0.2, 0) is 18.5 Å². The molecule has 0 unspecified atom stereocenters. The van der Waals surface area contributed by atoms with E-state index in [1.807, 2.05) is 55.5 Å². The Morgan fingerprint density at radius 3 is 2.30 bits per heavy atom. The van der Waals surface area contributed by atoms with E-state index < -0.39 is 0 Å². The van der Waals surface area contributed by atoms with Crippen LogP contribution >= 0.6 is 0 Å². The first-order valence-corrected chi connectivity index (χ1v) is 11.5. The summed E-state index contributed by atoms with van der Waals surface area (Å²) in [5, 5.41) is 4.04. The van der Waals surface area contributed by atoms with E-state index in [-0.39, 0.29) is 11.3 Å². The lowest BCUT2D eigenvalue weighted by molar-refractivity contribution is 0.0942. The van der Waals surface area contributed by atoms with Crippen LogP contribution in [0, 0.1) is 0 Å². The zero-order valence-corrected chi connectivity index (χ0v) is 19.9. The van der Waals surface area contributed by atoms with Crippen LogP contribution < -0.4 is 10.1 Å². The van der Waals surface area contributed by atoms with Gasteiger partial charge in [0.2, 0.25) is 0 Å². The summed E-state index contributed by atoms with van der Waals surface area (Å²) >= 11 is 0. The van der Waals surface area contributed by atoms with Gasteiger partial charge in [-0.25, -0.2) is 0 Å². The van der Waals surface area contributed by atoms with Crippen molar-refractivity contribution in [1.29, 1.82) is 0 Å². The number of aromatic nitrogens is 1. The molecule has 4 aromatic rings. The smallest absolute Gasteiger partial charge is 0.268 e. The quantitative estimate of drug-likeness (QED) is 0.366. The lowest BCUT2D eigenvalue weighted by Gasteiger charge is -2.19. The van der Waals surface area contributed by atoms with Crippen molar-refractivity contribution in [2.24, 2.45) is 0 Å². The highest BCUT2D eigenvalue weighted by Gasteiger charge is 2.19. The Kier molecular flexibility index (Phi) is 6.55. The third-order valence-corrected chi connectivity index (χ3v) is 5.89. The number of carbonyl (C=O) groups is 1. The van der Waals surface area contributed by atoms with Crippen LogP contribution in [0.3, 0.4) is 0 Å². The summed E-state index contributed by atoms with van der Waals surface area (Å²) in [6, 6.07) is 26.6. The van der Waals surface area contributed by atoms with Gasteiger partial charge in [-0.15, -0.1) is 0 Å². The Balaban J connectivity index is 1.69. The standard InChI is InChI=1S/C29H32N2O2/c1-5-33-27-13-9-12-25-24(27)18-26(28(32)30-19-21-10-7-6-8-11-21)31(25)20-22-14-16-23(17-15-22)29(2,3)4/h6-18H,5,19-20H2,1-4H3,(H,30,32). The Morgan fingerprint density at radius 2 is 1.64 bits per heavy atom. The number of hydrogen-bond donors (Lipinski definition) is 1. The van der Waals surface area contributed by atoms with E-state index in [4.69, 9.17) is 4.74 Å². The zero-order valence-electron chi connectivity index (χ0n) is 19.9. The van der Waals surface area contributed by atoms with Crippen LogP contribution in [0.25, 0.3) is 10.9 Å². The van der Waals surface area contributed by atoms with Crippen LogP contribution in [0.5, 0.6) is 5.75 Å². The van der Waals surface area contributed by atoms with E-state index >= 15 is 0 Å². The first-order chi connectivity index (χ1) is 15.9. The predicted molar refractivity (Wildman–Crippen MR) is 135 cm³/mol. The van der Waals surface area contributed by atoms with Crippen LogP contribution in [0.4, 0.5) is 0 Å². The number of nitrogens with zero attached hydrogens (tertiary/aromatic N) is 1. The maximum atomic E-state index is 13.3. The van der Waals surface area contributed by atoms with Gasteiger partial charge in [-0.3, -0.25) is 4.79 Å². The van der Waals surface area contributed by atoms with Gasteiger partial charge in [0.1, 0.15) is 11.4 Å². The predicted octanol–water partition coefficient (Wildman–Crippen LogP) is 6.32. The summed E-state index contributed by atoms with van der Waals surface area (Å²) < 4.78 is 7.94. The topological polar surface area (TPSA) is 43.3 Å². The molecule has 3 aromatic carbocycles. The molecule has 0 atom stereocenters. The molecule has 0 aliphatic rings. The van der Waals surface area contributed by atoms with Gasteiger partial charge in [0, 0.05) is 18.5 Å². The molecule has 0 aliphatic carbocycles. The van der Waals surface area contributed by atoms with Gasteiger partial charge in [-0.05, 0) is 47.2 Å². The van der Waals surface area contributed by atoms with E-state index in [9.17, 15) is 4.79 Å². The van der Waals surface area contributed by atoms with Gasteiger partial charge in [0.25, 0.3) is 5.91 Å². The minimum atomic E-state index is -0.0937. The molecule has 0 spiro atoms. The van der Waals surface area contributed by atoms with Crippen molar-refractivity contribution in [3.05, 3.63) is 101 Å². The van der Waals surface area contributed by atoms with Crippen molar-refractivity contribution in [1.82, 2.24) is 9.88 Å². The summed E-state index contributed by atoms with van der Waals surface area (Å²) in [5.74, 6) is 0.706. The first kappa shape index (κ1) is 22.7. The molecule has 4 rings (SSSR count). The number of amides is 1. The second-order valence-corrected chi connectivity index (χ2v) is 9.35. The Morgan fingerprint density at radius 1 is 0.909 bits per heavy atom. The van der Waals surface area contributed by atoms with Crippen molar-refractivity contribution < 1.29 is 9.53 Å². The highest BCUT2D eigenvalue weighted by atomic mass is 16.5. The van der Waals surface area contributed by atoms with E-state index in [1.165, 1.54) is 5.56 Å². The van der Waals surface area contributed by atoms with Crippen molar-refractivity contribution in [3.8, 4) is 5.75 Å². The molecule has 1 N–H and O–H groups in total. The SMILES string of the molecule is CCOc1cccc2c1cc(C(=O)NCc1ccccc1)n2Cc1ccc(C(C)(C)C)cc1. The zero-order chi connectivity index (χ0) is 23.4. The molecule has 0 fully saturated rings. The molecule has 1 heterocycles. The van der Waals surface area contributed by atoms with Gasteiger partial charge in [-0.1, -0.05) is 81.4 Å². The van der Waals surface area contributed by atoms with Gasteiger partial charge < -0.3 is 14.6 Å². The van der Waals surface area contributed by atoms with Crippen molar-refractivity contribution in [2.45, 2.75) is 46.2 Å². The van der Waals surface area contributed by atoms with Gasteiger partial charge in [-0.2, -0.15) is 0 Å². The molecule has 170 valence electrons. The van der Waals surface area contributed by atoms with Crippen LogP contribution in [0.2, 0.25) is 0 Å². The molecule has 1 amide bonds. The lowest BCUT2D eigenvalue weighted by atomic mass is 9.87. The third kappa shape index (κ3) is 5.11. The molecular formula is C29H32N2O2. The minimum Gasteiger partial charge on any atom is -0.493 e. The van der Waals surface area contributed by atoms with Gasteiger partial charge in [0.15, 0.2) is 0 Å². The molecule has 0 bridgehead atoms. The van der Waals surface area contributed by atoms with Crippen molar-refractivity contribution in [3.63, 3.8) is 0 Å². The number of ether oxygens (including phenoxy) is 1. The second kappa shape index (κ2) is 9.53. The number of hydrogen-bond acceptors (Lipinski definition) is 2. The highest BCUT2D eigenvalue weighted by Crippen LogP contribution is 2.30. The number of rotatable bonds is 7. The fraction of sp³-hybridized carbons (Fsp3) is 0.276. The van der Waals surface area contributed by atoms with E-state index in [0.29, 0.717) is 25.4 Å². The number of fused-ring (bicyclic) bond motifs is 1. The van der Waals surface area contributed by atoms with Crippen LogP contribution in [0.15, 0.2) is 78.9 Å². The molecule has 0 saturated heterocycles. The van der Waals surface area contributed by atoms with E-state index in [0.717, 1.165) is 27.8 Å². The summed E-state index contributed by atoms with van der Waals surface area (Å²) in [4.78, 5) is 13.3. The molecule has 33 heavy (non-hydrogen) atoms. The number of nitrogens with one attached hydrogen (secondary N) is 1.